The molecule has 0 saturated carbocycles. The van der Waals surface area contributed by atoms with Crippen molar-refractivity contribution in [2.24, 2.45) is 5.92 Å². The Morgan fingerprint density at radius 3 is 2.89 bits per heavy atom. The van der Waals surface area contributed by atoms with Gasteiger partial charge < -0.3 is 0 Å². The molecule has 1 aliphatic heterocycles. The molecule has 0 spiro atoms. The third-order valence-electron chi connectivity index (χ3n) is 3.93. The lowest BCUT2D eigenvalue weighted by Crippen LogP contribution is -2.24. The largest absolute Gasteiger partial charge is 0.299 e. The molecule has 1 aliphatic rings. The van der Waals surface area contributed by atoms with Gasteiger partial charge in [-0.05, 0) is 56.0 Å². The fraction of sp³-hybridized carbons (Fsp3) is 0.600. The summed E-state index contributed by atoms with van der Waals surface area (Å²) in [6.07, 6.45) is 5.25. The number of rotatable bonds is 3. The molecule has 1 aromatic rings. The van der Waals surface area contributed by atoms with E-state index in [4.69, 9.17) is 0 Å². The quantitative estimate of drug-likeness (QED) is 0.788. The van der Waals surface area contributed by atoms with Crippen LogP contribution in [0.25, 0.3) is 0 Å². The molecule has 100 valence electrons. The number of benzene rings is 1. The van der Waals surface area contributed by atoms with Crippen LogP contribution >= 0.6 is 15.9 Å². The smallest absolute Gasteiger partial charge is 0.124 e. The van der Waals surface area contributed by atoms with Gasteiger partial charge in [-0.1, -0.05) is 35.3 Å². The summed E-state index contributed by atoms with van der Waals surface area (Å²) >= 11 is 3.45. The molecule has 0 bridgehead atoms. The number of hydrogen-bond donors (Lipinski definition) is 0. The van der Waals surface area contributed by atoms with Crippen molar-refractivity contribution in [3.63, 3.8) is 0 Å². The molecule has 3 heteroatoms. The van der Waals surface area contributed by atoms with Gasteiger partial charge in [0.05, 0.1) is 0 Å². The molecule has 2 rings (SSSR count). The van der Waals surface area contributed by atoms with Gasteiger partial charge >= 0.3 is 0 Å². The molecule has 18 heavy (non-hydrogen) atoms. The van der Waals surface area contributed by atoms with Gasteiger partial charge in [-0.3, -0.25) is 4.90 Å². The van der Waals surface area contributed by atoms with E-state index in [9.17, 15) is 4.39 Å². The van der Waals surface area contributed by atoms with Crippen molar-refractivity contribution in [3.05, 3.63) is 34.1 Å². The van der Waals surface area contributed by atoms with Crippen molar-refractivity contribution in [1.82, 2.24) is 4.90 Å². The normalized spacial score (nSPS) is 21.8. The Hall–Kier alpha value is -0.410. The molecule has 1 unspecified atom stereocenters. The van der Waals surface area contributed by atoms with E-state index in [-0.39, 0.29) is 5.82 Å². The lowest BCUT2D eigenvalue weighted by Gasteiger charge is -2.20. The third-order valence-corrected chi connectivity index (χ3v) is 4.66. The average Bonchev–Trinajstić information content (AvgIpc) is 2.58. The Bertz CT molecular complexity index is 394. The summed E-state index contributed by atoms with van der Waals surface area (Å²) in [5.74, 6) is 0.721. The lowest BCUT2D eigenvalue weighted by atomic mass is 9.98. The van der Waals surface area contributed by atoms with Crippen LogP contribution in [0.4, 0.5) is 4.39 Å². The van der Waals surface area contributed by atoms with E-state index in [0.29, 0.717) is 0 Å². The Morgan fingerprint density at radius 1 is 1.33 bits per heavy atom. The molecular formula is C15H21BrFN. The summed E-state index contributed by atoms with van der Waals surface area (Å²) in [7, 11) is 0. The SMILES string of the molecule is CCC1CCCN(Cc2ccc(F)cc2Br)CC1. The van der Waals surface area contributed by atoms with Crippen molar-refractivity contribution in [2.75, 3.05) is 13.1 Å². The number of likely N-dealkylation sites (tertiary alicyclic amines) is 1. The van der Waals surface area contributed by atoms with Gasteiger partial charge in [-0.2, -0.15) is 0 Å². The van der Waals surface area contributed by atoms with E-state index >= 15 is 0 Å². The van der Waals surface area contributed by atoms with Gasteiger partial charge in [0.25, 0.3) is 0 Å². The number of nitrogens with zero attached hydrogens (tertiary/aromatic N) is 1. The van der Waals surface area contributed by atoms with E-state index in [2.05, 4.69) is 27.8 Å². The van der Waals surface area contributed by atoms with Gasteiger partial charge in [-0.25, -0.2) is 4.39 Å². The van der Waals surface area contributed by atoms with E-state index in [1.165, 1.54) is 44.3 Å². The van der Waals surface area contributed by atoms with Crippen molar-refractivity contribution < 1.29 is 4.39 Å². The molecular weight excluding hydrogens is 293 g/mol. The highest BCUT2D eigenvalue weighted by Crippen LogP contribution is 2.24. The van der Waals surface area contributed by atoms with Gasteiger partial charge in [0, 0.05) is 11.0 Å². The van der Waals surface area contributed by atoms with Gasteiger partial charge in [0.1, 0.15) is 5.82 Å². The van der Waals surface area contributed by atoms with Crippen LogP contribution in [0.5, 0.6) is 0 Å². The maximum Gasteiger partial charge on any atom is 0.124 e. The van der Waals surface area contributed by atoms with Crippen molar-refractivity contribution in [3.8, 4) is 0 Å². The second-order valence-corrected chi connectivity index (χ2v) is 6.07. The summed E-state index contributed by atoms with van der Waals surface area (Å²) < 4.78 is 13.9. The second kappa shape index (κ2) is 6.67. The molecule has 1 saturated heterocycles. The minimum Gasteiger partial charge on any atom is -0.299 e. The highest BCUT2D eigenvalue weighted by molar-refractivity contribution is 9.10. The zero-order chi connectivity index (χ0) is 13.0. The Labute approximate surface area is 118 Å². The van der Waals surface area contributed by atoms with E-state index < -0.39 is 0 Å². The first kappa shape index (κ1) is 14.0. The molecule has 1 nitrogen and oxygen atoms in total. The van der Waals surface area contributed by atoms with E-state index in [0.717, 1.165) is 16.9 Å². The highest BCUT2D eigenvalue weighted by Gasteiger charge is 2.16. The van der Waals surface area contributed by atoms with Crippen LogP contribution in [-0.4, -0.2) is 18.0 Å². The molecule has 0 aliphatic carbocycles. The van der Waals surface area contributed by atoms with Crippen LogP contribution in [0, 0.1) is 11.7 Å². The van der Waals surface area contributed by atoms with Crippen LogP contribution in [0.1, 0.15) is 38.2 Å². The van der Waals surface area contributed by atoms with Crippen molar-refractivity contribution >= 4 is 15.9 Å². The maximum absolute atomic E-state index is 13.0. The summed E-state index contributed by atoms with van der Waals surface area (Å²) in [6, 6.07) is 5.00. The monoisotopic (exact) mass is 313 g/mol. The van der Waals surface area contributed by atoms with Gasteiger partial charge in [0.2, 0.25) is 0 Å². The second-order valence-electron chi connectivity index (χ2n) is 5.22. The summed E-state index contributed by atoms with van der Waals surface area (Å²) in [5.41, 5.74) is 1.19. The third kappa shape index (κ3) is 3.79. The molecule has 1 heterocycles. The van der Waals surface area contributed by atoms with Crippen LogP contribution < -0.4 is 0 Å². The molecule has 1 fully saturated rings. The first-order valence-electron chi connectivity index (χ1n) is 6.85. The maximum atomic E-state index is 13.0. The predicted octanol–water partition coefficient (Wildman–Crippen LogP) is 4.60. The molecule has 0 N–H and O–H groups in total. The van der Waals surface area contributed by atoms with Crippen LogP contribution in [0.2, 0.25) is 0 Å². The Balaban J connectivity index is 1.96. The Morgan fingerprint density at radius 2 is 2.17 bits per heavy atom. The number of hydrogen-bond acceptors (Lipinski definition) is 1. The predicted molar refractivity (Wildman–Crippen MR) is 77.0 cm³/mol. The summed E-state index contributed by atoms with van der Waals surface area (Å²) in [6.45, 7) is 5.55. The molecule has 1 aromatic carbocycles. The first-order valence-corrected chi connectivity index (χ1v) is 7.64. The fourth-order valence-corrected chi connectivity index (χ4v) is 3.16. The van der Waals surface area contributed by atoms with Crippen LogP contribution in [-0.2, 0) is 6.54 Å². The Kier molecular flexibility index (Phi) is 5.19. The highest BCUT2D eigenvalue weighted by atomic mass is 79.9. The first-order chi connectivity index (χ1) is 8.69. The zero-order valence-electron chi connectivity index (χ0n) is 11.0. The van der Waals surface area contributed by atoms with Crippen LogP contribution in [0.3, 0.4) is 0 Å². The van der Waals surface area contributed by atoms with Gasteiger partial charge in [0.15, 0.2) is 0 Å². The van der Waals surface area contributed by atoms with E-state index in [1.54, 1.807) is 12.1 Å². The zero-order valence-corrected chi connectivity index (χ0v) is 12.5. The standard InChI is InChI=1S/C15H21BrFN/c1-2-12-4-3-8-18(9-7-12)11-13-5-6-14(17)10-15(13)16/h5-6,10,12H,2-4,7-9,11H2,1H3. The minimum absolute atomic E-state index is 0.174. The lowest BCUT2D eigenvalue weighted by molar-refractivity contribution is 0.271. The topological polar surface area (TPSA) is 3.24 Å². The van der Waals surface area contributed by atoms with Crippen molar-refractivity contribution in [1.29, 1.82) is 0 Å². The minimum atomic E-state index is -0.174. The fourth-order valence-electron chi connectivity index (χ4n) is 2.68. The average molecular weight is 314 g/mol. The molecule has 0 radical (unpaired) electrons. The van der Waals surface area contributed by atoms with E-state index in [1.807, 2.05) is 6.07 Å². The molecule has 0 amide bonds. The molecule has 1 atom stereocenters. The summed E-state index contributed by atoms with van der Waals surface area (Å²) in [5, 5.41) is 0. The van der Waals surface area contributed by atoms with Crippen molar-refractivity contribution in [2.45, 2.75) is 39.2 Å². The van der Waals surface area contributed by atoms with Crippen LogP contribution in [0.15, 0.2) is 22.7 Å². The number of halogens is 2. The van der Waals surface area contributed by atoms with Gasteiger partial charge in [-0.15, -0.1) is 0 Å². The summed E-state index contributed by atoms with van der Waals surface area (Å²) in [4.78, 5) is 2.49. The molecule has 0 aromatic heterocycles.